The minimum absolute atomic E-state index is 0.0846. The highest BCUT2D eigenvalue weighted by Gasteiger charge is 2.25. The summed E-state index contributed by atoms with van der Waals surface area (Å²) in [6.45, 7) is 2.42. The molecule has 5 nitrogen and oxygen atoms in total. The Labute approximate surface area is 154 Å². The van der Waals surface area contributed by atoms with E-state index >= 15 is 0 Å². The molecule has 0 bridgehead atoms. The van der Waals surface area contributed by atoms with Gasteiger partial charge in [-0.3, -0.25) is 9.78 Å². The second kappa shape index (κ2) is 6.53. The van der Waals surface area contributed by atoms with Crippen LogP contribution in [0.5, 0.6) is 0 Å². The van der Waals surface area contributed by atoms with Crippen LogP contribution in [0.1, 0.15) is 33.0 Å². The quantitative estimate of drug-likeness (QED) is 0.770. The molecule has 1 N–H and O–H groups in total. The van der Waals surface area contributed by atoms with Crippen LogP contribution in [0, 0.1) is 12.7 Å². The van der Waals surface area contributed by atoms with Gasteiger partial charge >= 0.3 is 0 Å². The maximum Gasteiger partial charge on any atom is 0.255 e. The predicted molar refractivity (Wildman–Crippen MR) is 96.3 cm³/mol. The Morgan fingerprint density at radius 3 is 2.96 bits per heavy atom. The Morgan fingerprint density at radius 2 is 2.15 bits per heavy atom. The second-order valence-corrected chi connectivity index (χ2v) is 6.72. The lowest BCUT2D eigenvalue weighted by Crippen LogP contribution is -2.32. The first kappa shape index (κ1) is 16.7. The average molecular weight is 371 g/mol. The number of rotatable bonds is 3. The van der Waals surface area contributed by atoms with Gasteiger partial charge in [-0.05, 0) is 42.8 Å². The number of carbonyl (C=O) groups is 1. The third-order valence-corrected chi connectivity index (χ3v) is 4.60. The predicted octanol–water partition coefficient (Wildman–Crippen LogP) is 3.24. The van der Waals surface area contributed by atoms with Crippen LogP contribution in [-0.2, 0) is 12.8 Å². The monoisotopic (exact) mass is 370 g/mol. The Hall–Kier alpha value is -2.73. The smallest absolute Gasteiger partial charge is 0.255 e. The van der Waals surface area contributed by atoms with Crippen molar-refractivity contribution >= 4 is 17.5 Å². The van der Waals surface area contributed by atoms with Crippen molar-refractivity contribution in [2.75, 3.05) is 6.54 Å². The molecule has 0 atom stereocenters. The minimum Gasteiger partial charge on any atom is -0.352 e. The van der Waals surface area contributed by atoms with Crippen molar-refractivity contribution in [1.29, 1.82) is 0 Å². The standard InChI is InChI=1S/C19H16ClFN4O/c1-11-18-17(3-5-23-19(18)26)25(24-11)16-2-4-22-15(10-16)8-12-6-13(20)9-14(21)7-12/h2,4,6-7,9-10H,3,5,8H2,1H3,(H,23,26). The van der Waals surface area contributed by atoms with Gasteiger partial charge in [-0.25, -0.2) is 9.07 Å². The molecule has 26 heavy (non-hydrogen) atoms. The van der Waals surface area contributed by atoms with E-state index in [0.29, 0.717) is 29.2 Å². The highest BCUT2D eigenvalue weighted by atomic mass is 35.5. The number of halogens is 2. The van der Waals surface area contributed by atoms with E-state index in [4.69, 9.17) is 11.6 Å². The van der Waals surface area contributed by atoms with Gasteiger partial charge in [0.1, 0.15) is 5.82 Å². The molecule has 0 unspecified atom stereocenters. The number of benzene rings is 1. The lowest BCUT2D eigenvalue weighted by molar-refractivity contribution is 0.0945. The van der Waals surface area contributed by atoms with Crippen molar-refractivity contribution in [2.24, 2.45) is 0 Å². The minimum atomic E-state index is -0.369. The number of carbonyl (C=O) groups excluding carboxylic acids is 1. The van der Waals surface area contributed by atoms with Gasteiger partial charge in [-0.15, -0.1) is 0 Å². The van der Waals surface area contributed by atoms with Gasteiger partial charge in [0.05, 0.1) is 22.6 Å². The summed E-state index contributed by atoms with van der Waals surface area (Å²) in [7, 11) is 0. The molecular weight excluding hydrogens is 355 g/mol. The summed E-state index contributed by atoms with van der Waals surface area (Å²) in [4.78, 5) is 16.5. The summed E-state index contributed by atoms with van der Waals surface area (Å²) in [5, 5.41) is 7.74. The van der Waals surface area contributed by atoms with Crippen LogP contribution in [0.25, 0.3) is 5.69 Å². The molecule has 0 spiro atoms. The number of hydrogen-bond acceptors (Lipinski definition) is 3. The van der Waals surface area contributed by atoms with Crippen LogP contribution in [0.15, 0.2) is 36.5 Å². The van der Waals surface area contributed by atoms with Gasteiger partial charge in [0.15, 0.2) is 0 Å². The zero-order valence-electron chi connectivity index (χ0n) is 14.1. The van der Waals surface area contributed by atoms with Gasteiger partial charge in [-0.1, -0.05) is 11.6 Å². The molecule has 0 saturated carbocycles. The molecule has 0 saturated heterocycles. The van der Waals surface area contributed by atoms with E-state index in [1.807, 2.05) is 19.1 Å². The first-order valence-corrected chi connectivity index (χ1v) is 8.66. The molecule has 0 fully saturated rings. The largest absolute Gasteiger partial charge is 0.352 e. The average Bonchev–Trinajstić information content (AvgIpc) is 2.92. The molecular formula is C19H16ClFN4O. The SMILES string of the molecule is Cc1nn(-c2ccnc(Cc3cc(F)cc(Cl)c3)c2)c2c1C(=O)NCC2. The molecule has 3 aromatic rings. The molecule has 7 heteroatoms. The fourth-order valence-electron chi connectivity index (χ4n) is 3.31. The third kappa shape index (κ3) is 3.08. The second-order valence-electron chi connectivity index (χ2n) is 6.28. The Bertz CT molecular complexity index is 995. The molecule has 3 heterocycles. The topological polar surface area (TPSA) is 59.8 Å². The fourth-order valence-corrected chi connectivity index (χ4v) is 3.56. The van der Waals surface area contributed by atoms with E-state index in [0.717, 1.165) is 29.1 Å². The number of fused-ring (bicyclic) bond motifs is 1. The maximum absolute atomic E-state index is 13.5. The van der Waals surface area contributed by atoms with Crippen LogP contribution in [0.4, 0.5) is 4.39 Å². The van der Waals surface area contributed by atoms with Crippen molar-refractivity contribution < 1.29 is 9.18 Å². The summed E-state index contributed by atoms with van der Waals surface area (Å²) in [5.74, 6) is -0.454. The summed E-state index contributed by atoms with van der Waals surface area (Å²) >= 11 is 5.93. The van der Waals surface area contributed by atoms with Crippen molar-refractivity contribution in [3.05, 3.63) is 75.6 Å². The Kier molecular flexibility index (Phi) is 4.20. The third-order valence-electron chi connectivity index (χ3n) is 4.38. The summed E-state index contributed by atoms with van der Waals surface area (Å²) in [6, 6.07) is 8.20. The van der Waals surface area contributed by atoms with E-state index in [-0.39, 0.29) is 11.7 Å². The molecule has 1 aromatic carbocycles. The molecule has 0 aliphatic carbocycles. The van der Waals surface area contributed by atoms with E-state index < -0.39 is 0 Å². The molecule has 132 valence electrons. The van der Waals surface area contributed by atoms with E-state index in [1.165, 1.54) is 12.1 Å². The highest BCUT2D eigenvalue weighted by Crippen LogP contribution is 2.23. The van der Waals surface area contributed by atoms with E-state index in [1.54, 1.807) is 16.9 Å². The lowest BCUT2D eigenvalue weighted by atomic mass is 10.1. The fraction of sp³-hybridized carbons (Fsp3) is 0.211. The van der Waals surface area contributed by atoms with Crippen LogP contribution in [0.2, 0.25) is 5.02 Å². The van der Waals surface area contributed by atoms with Crippen LogP contribution >= 0.6 is 11.6 Å². The number of amides is 1. The zero-order chi connectivity index (χ0) is 18.3. The number of pyridine rings is 1. The maximum atomic E-state index is 13.5. The van der Waals surface area contributed by atoms with E-state index in [2.05, 4.69) is 15.4 Å². The van der Waals surface area contributed by atoms with Gasteiger partial charge in [0.25, 0.3) is 5.91 Å². The van der Waals surface area contributed by atoms with Crippen molar-refractivity contribution in [2.45, 2.75) is 19.8 Å². The van der Waals surface area contributed by atoms with E-state index in [9.17, 15) is 9.18 Å². The molecule has 2 aromatic heterocycles. The number of nitrogens with zero attached hydrogens (tertiary/aromatic N) is 3. The van der Waals surface area contributed by atoms with Gasteiger partial charge in [0, 0.05) is 36.3 Å². The summed E-state index contributed by atoms with van der Waals surface area (Å²) in [5.41, 5.74) is 4.59. The van der Waals surface area contributed by atoms with Crippen molar-refractivity contribution in [3.63, 3.8) is 0 Å². The van der Waals surface area contributed by atoms with Gasteiger partial charge in [0.2, 0.25) is 0 Å². The Balaban J connectivity index is 1.71. The van der Waals surface area contributed by atoms with Gasteiger partial charge in [-0.2, -0.15) is 5.10 Å². The van der Waals surface area contributed by atoms with Crippen LogP contribution < -0.4 is 5.32 Å². The van der Waals surface area contributed by atoms with Gasteiger partial charge < -0.3 is 5.32 Å². The Morgan fingerprint density at radius 1 is 1.31 bits per heavy atom. The summed E-state index contributed by atoms with van der Waals surface area (Å²) in [6.07, 6.45) is 2.87. The molecule has 1 aliphatic rings. The number of aryl methyl sites for hydroxylation is 1. The number of aromatic nitrogens is 3. The molecule has 1 aliphatic heterocycles. The zero-order valence-corrected chi connectivity index (χ0v) is 14.8. The van der Waals surface area contributed by atoms with Crippen molar-refractivity contribution in [3.8, 4) is 5.69 Å². The summed E-state index contributed by atoms with van der Waals surface area (Å²) < 4.78 is 15.3. The first-order valence-electron chi connectivity index (χ1n) is 8.28. The molecule has 4 rings (SSSR count). The highest BCUT2D eigenvalue weighted by molar-refractivity contribution is 6.30. The molecule has 0 radical (unpaired) electrons. The van der Waals surface area contributed by atoms with Crippen LogP contribution in [0.3, 0.4) is 0 Å². The van der Waals surface area contributed by atoms with Crippen molar-refractivity contribution in [1.82, 2.24) is 20.1 Å². The molecule has 1 amide bonds. The number of nitrogens with one attached hydrogen (secondary N) is 1. The first-order chi connectivity index (χ1) is 12.5. The number of hydrogen-bond donors (Lipinski definition) is 1. The lowest BCUT2D eigenvalue weighted by Gasteiger charge is -2.15. The normalized spacial score (nSPS) is 13.4. The van der Waals surface area contributed by atoms with Crippen LogP contribution in [-0.4, -0.2) is 27.2 Å².